The van der Waals surface area contributed by atoms with E-state index < -0.39 is 6.18 Å². The zero-order chi connectivity index (χ0) is 13.3. The van der Waals surface area contributed by atoms with Crippen LogP contribution in [0.25, 0.3) is 0 Å². The van der Waals surface area contributed by atoms with E-state index in [1.807, 2.05) is 6.07 Å². The Labute approximate surface area is 100 Å². The van der Waals surface area contributed by atoms with Crippen molar-refractivity contribution in [2.75, 3.05) is 13.3 Å². The monoisotopic (exact) mass is 224 g/mol. The Kier molecular flexibility index (Phi) is 2.27. The van der Waals surface area contributed by atoms with E-state index in [2.05, 4.69) is 13.0 Å². The van der Waals surface area contributed by atoms with Crippen LogP contribution in [0.3, 0.4) is 0 Å². The highest BCUT2D eigenvalue weighted by Gasteiger charge is 2.20. The predicted octanol–water partition coefficient (Wildman–Crippen LogP) is 3.86. The van der Waals surface area contributed by atoms with Crippen LogP contribution in [0.15, 0.2) is 17.0 Å². The third-order valence-corrected chi connectivity index (χ3v) is 3.74. The molecule has 15 heavy (non-hydrogen) atoms. The van der Waals surface area contributed by atoms with E-state index in [-0.39, 0.29) is 0 Å². The Morgan fingerprint density at radius 1 is 1.67 bits per heavy atom. The Balaban J connectivity index is 2.47. The van der Waals surface area contributed by atoms with Crippen molar-refractivity contribution in [3.8, 4) is 5.75 Å². The molecule has 0 aromatic heterocycles. The van der Waals surface area contributed by atoms with Gasteiger partial charge in [0.2, 0.25) is 0 Å². The summed E-state index contributed by atoms with van der Waals surface area (Å²) in [7, 11) is 1.62. The summed E-state index contributed by atoms with van der Waals surface area (Å²) in [5.41, 5.74) is 2.46. The number of methoxy groups -OCH3 is 1. The van der Waals surface area contributed by atoms with Crippen molar-refractivity contribution >= 4 is 11.8 Å². The number of hydrogen-bond acceptors (Lipinski definition) is 2. The average Bonchev–Trinajstić information content (AvgIpc) is 2.28. The van der Waals surface area contributed by atoms with Gasteiger partial charge in [0.15, 0.2) is 0 Å². The summed E-state index contributed by atoms with van der Waals surface area (Å²) in [5, 5.41) is 0. The molecule has 0 saturated carbocycles. The summed E-state index contributed by atoms with van der Waals surface area (Å²) in [4.78, 5) is 0.857. The fourth-order valence-corrected chi connectivity index (χ4v) is 2.82. The number of thioether (sulfide) groups is 1. The van der Waals surface area contributed by atoms with Crippen LogP contribution in [0.1, 0.15) is 40.9 Å². The summed E-state index contributed by atoms with van der Waals surface area (Å²) in [6, 6.07) is 3.91. The van der Waals surface area contributed by atoms with Crippen molar-refractivity contribution in [1.29, 1.82) is 0 Å². The van der Waals surface area contributed by atoms with Gasteiger partial charge < -0.3 is 4.74 Å². The molecule has 1 aromatic rings. The molecule has 0 spiro atoms. The van der Waals surface area contributed by atoms with Crippen molar-refractivity contribution in [1.82, 2.24) is 0 Å². The van der Waals surface area contributed by atoms with Gasteiger partial charge in [-0.2, -0.15) is 0 Å². The minimum Gasteiger partial charge on any atom is -0.497 e. The van der Waals surface area contributed by atoms with Crippen LogP contribution in [0.2, 0.25) is 0 Å². The van der Waals surface area contributed by atoms with Gasteiger partial charge in [0.25, 0.3) is 0 Å². The predicted molar refractivity (Wildman–Crippen MR) is 66.1 cm³/mol. The standard InChI is InChI=1S/C13H18OS/c1-9-5-4-6-11-12(9)7-10(14-2)8-13(11)15-3/h7-9H,4-6H2,1-3H3/i3+1DH2. The third kappa shape index (κ3) is 2.00. The minimum atomic E-state index is -2.00. The molecule has 0 amide bonds. The van der Waals surface area contributed by atoms with Gasteiger partial charge in [-0.1, -0.05) is 6.92 Å². The van der Waals surface area contributed by atoms with Crippen molar-refractivity contribution in [2.45, 2.75) is 37.0 Å². The molecule has 1 nitrogen and oxygen atoms in total. The Hall–Kier alpha value is -0.630. The number of ether oxygens (including phenoxy) is 1. The highest BCUT2D eigenvalue weighted by atomic mass is 32.2. The van der Waals surface area contributed by atoms with Gasteiger partial charge in [-0.3, -0.25) is 0 Å². The van der Waals surface area contributed by atoms with Crippen LogP contribution in [-0.4, -0.2) is 13.3 Å². The van der Waals surface area contributed by atoms with Crippen LogP contribution in [0.5, 0.6) is 5.75 Å². The Bertz CT molecular complexity index is 443. The summed E-state index contributed by atoms with van der Waals surface area (Å²) >= 11 is 0.967. The SMILES string of the molecule is [1H][13C]([1H])([2H])Sc1cc(OC)cc2c1CCCC2C. The zero-order valence-electron chi connectivity index (χ0n) is 12.2. The molecular formula is C13H18OS. The summed E-state index contributed by atoms with van der Waals surface area (Å²) in [6.45, 7) is 2.20. The Morgan fingerprint density at radius 3 is 3.27 bits per heavy atom. The Morgan fingerprint density at radius 2 is 2.53 bits per heavy atom. The van der Waals surface area contributed by atoms with Crippen LogP contribution < -0.4 is 4.74 Å². The van der Waals surface area contributed by atoms with Gasteiger partial charge in [0.05, 0.1) is 7.11 Å². The third-order valence-electron chi connectivity index (χ3n) is 3.16. The maximum atomic E-state index is 7.42. The molecule has 0 saturated heterocycles. The first-order chi connectivity index (χ1) is 8.40. The molecular weight excluding hydrogens is 205 g/mol. The lowest BCUT2D eigenvalue weighted by Crippen LogP contribution is -2.08. The number of benzene rings is 1. The minimum absolute atomic E-state index is 0.486. The van der Waals surface area contributed by atoms with E-state index in [4.69, 9.17) is 8.85 Å². The maximum Gasteiger partial charge on any atom is 0.120 e. The molecule has 0 bridgehead atoms. The lowest BCUT2D eigenvalue weighted by atomic mass is 9.84. The molecule has 1 atom stereocenters. The fraction of sp³-hybridized carbons (Fsp3) is 0.538. The van der Waals surface area contributed by atoms with Crippen molar-refractivity contribution < 1.29 is 8.85 Å². The summed E-state index contributed by atoms with van der Waals surface area (Å²) in [5.74, 6) is 1.24. The molecule has 1 aromatic carbocycles. The molecule has 1 aliphatic rings. The van der Waals surface area contributed by atoms with Crippen LogP contribution in [0.4, 0.5) is 0 Å². The normalized spacial score (nSPS) is 23.6. The highest BCUT2D eigenvalue weighted by Crippen LogP contribution is 2.38. The van der Waals surface area contributed by atoms with Gasteiger partial charge in [-0.15, -0.1) is 11.8 Å². The molecule has 2 heteroatoms. The number of rotatable bonds is 2. The molecule has 82 valence electrons. The van der Waals surface area contributed by atoms with Crippen molar-refractivity contribution in [3.05, 3.63) is 23.3 Å². The smallest absolute Gasteiger partial charge is 0.120 e. The highest BCUT2D eigenvalue weighted by molar-refractivity contribution is 7.98. The largest absolute Gasteiger partial charge is 0.497 e. The average molecular weight is 224 g/mol. The van der Waals surface area contributed by atoms with Gasteiger partial charge in [0.1, 0.15) is 5.75 Å². The quantitative estimate of drug-likeness (QED) is 0.557. The lowest BCUT2D eigenvalue weighted by molar-refractivity contribution is 0.411. The van der Waals surface area contributed by atoms with Crippen molar-refractivity contribution in [2.24, 2.45) is 0 Å². The van der Waals surface area contributed by atoms with E-state index >= 15 is 0 Å². The second kappa shape index (κ2) is 4.48. The molecule has 0 N–H and O–H groups in total. The van der Waals surface area contributed by atoms with E-state index in [9.17, 15) is 0 Å². The summed E-state index contributed by atoms with van der Waals surface area (Å²) in [6.07, 6.45) is 1.27. The van der Waals surface area contributed by atoms with E-state index in [0.717, 1.165) is 41.7 Å². The van der Waals surface area contributed by atoms with E-state index in [1.54, 1.807) is 7.11 Å². The first-order valence-electron chi connectivity index (χ1n) is 6.80. The molecule has 0 aliphatic heterocycles. The van der Waals surface area contributed by atoms with Crippen molar-refractivity contribution in [3.63, 3.8) is 0 Å². The number of hydrogen-bond donors (Lipinski definition) is 0. The maximum absolute atomic E-state index is 7.42. The van der Waals surface area contributed by atoms with E-state index in [0.29, 0.717) is 5.92 Å². The van der Waals surface area contributed by atoms with E-state index in [1.165, 1.54) is 11.1 Å². The molecule has 0 radical (unpaired) electrons. The topological polar surface area (TPSA) is 9.23 Å². The molecule has 1 unspecified atom stereocenters. The second-order valence-electron chi connectivity index (χ2n) is 4.09. The summed E-state index contributed by atoms with van der Waals surface area (Å²) < 4.78 is 27.5. The van der Waals surface area contributed by atoms with Gasteiger partial charge in [0, 0.05) is 9.01 Å². The molecule has 0 heterocycles. The van der Waals surface area contributed by atoms with Crippen LogP contribution >= 0.6 is 11.8 Å². The van der Waals surface area contributed by atoms with Gasteiger partial charge >= 0.3 is 0 Å². The van der Waals surface area contributed by atoms with Crippen LogP contribution in [-0.2, 0) is 6.42 Å². The lowest BCUT2D eigenvalue weighted by Gasteiger charge is -2.25. The van der Waals surface area contributed by atoms with Gasteiger partial charge in [-0.05, 0) is 54.6 Å². The second-order valence-corrected chi connectivity index (χ2v) is 4.73. The fourth-order valence-electron chi connectivity index (χ4n) is 2.30. The van der Waals surface area contributed by atoms with Crippen LogP contribution in [0, 0.1) is 0 Å². The molecule has 1 aliphatic carbocycles. The zero-order valence-corrected chi connectivity index (χ0v) is 9.99. The van der Waals surface area contributed by atoms with Gasteiger partial charge in [-0.25, -0.2) is 0 Å². The molecule has 2 rings (SSSR count). The molecule has 0 fully saturated rings. The first kappa shape index (κ1) is 7.61. The number of fused-ring (bicyclic) bond motifs is 1. The first-order valence-corrected chi connectivity index (χ1v) is 6.12.